The van der Waals surface area contributed by atoms with Gasteiger partial charge in [-0.3, -0.25) is 0 Å². The topological polar surface area (TPSA) is 41.5 Å². The van der Waals surface area contributed by atoms with Crippen molar-refractivity contribution in [3.05, 3.63) is 29.3 Å². The Labute approximate surface area is 124 Å². The summed E-state index contributed by atoms with van der Waals surface area (Å²) in [5.74, 6) is 2.77. The first-order chi connectivity index (χ1) is 9.13. The molecular formula is C14H22ClNO2S. The van der Waals surface area contributed by atoms with E-state index in [-0.39, 0.29) is 6.61 Å². The number of benzene rings is 1. The SMILES string of the molecule is CCSCC(C)NCC(O)COc1ccccc1Cl. The Balaban J connectivity index is 2.21. The van der Waals surface area contributed by atoms with Crippen molar-refractivity contribution < 1.29 is 9.84 Å². The number of rotatable bonds is 9. The molecule has 5 heteroatoms. The average Bonchev–Trinajstić information content (AvgIpc) is 2.42. The molecule has 0 aliphatic heterocycles. The molecule has 0 amide bonds. The van der Waals surface area contributed by atoms with Crippen LogP contribution in [0.5, 0.6) is 5.75 Å². The fourth-order valence-electron chi connectivity index (χ4n) is 1.50. The van der Waals surface area contributed by atoms with Gasteiger partial charge < -0.3 is 15.2 Å². The lowest BCUT2D eigenvalue weighted by Gasteiger charge is -2.17. The summed E-state index contributed by atoms with van der Waals surface area (Å²) in [5, 5.41) is 13.7. The van der Waals surface area contributed by atoms with Crippen LogP contribution in [0.15, 0.2) is 24.3 Å². The Bertz CT molecular complexity index is 365. The highest BCUT2D eigenvalue weighted by Gasteiger charge is 2.09. The Morgan fingerprint density at radius 3 is 2.84 bits per heavy atom. The van der Waals surface area contributed by atoms with Crippen molar-refractivity contribution in [1.82, 2.24) is 5.32 Å². The Morgan fingerprint density at radius 1 is 1.42 bits per heavy atom. The largest absolute Gasteiger partial charge is 0.489 e. The van der Waals surface area contributed by atoms with Gasteiger partial charge in [0.25, 0.3) is 0 Å². The van der Waals surface area contributed by atoms with Crippen LogP contribution in [0.2, 0.25) is 5.02 Å². The lowest BCUT2D eigenvalue weighted by atomic mass is 10.3. The third-order valence-corrected chi connectivity index (χ3v) is 4.00. The third-order valence-electron chi connectivity index (χ3n) is 2.54. The molecule has 0 heterocycles. The molecule has 0 saturated heterocycles. The second-order valence-electron chi connectivity index (χ2n) is 4.36. The maximum atomic E-state index is 9.84. The molecule has 0 aliphatic carbocycles. The summed E-state index contributed by atoms with van der Waals surface area (Å²) in [6.45, 7) is 5.02. The molecule has 3 nitrogen and oxygen atoms in total. The van der Waals surface area contributed by atoms with Crippen molar-refractivity contribution in [2.75, 3.05) is 24.7 Å². The summed E-state index contributed by atoms with van der Waals surface area (Å²) in [7, 11) is 0. The fraction of sp³-hybridized carbons (Fsp3) is 0.571. The van der Waals surface area contributed by atoms with Gasteiger partial charge in [-0.05, 0) is 24.8 Å². The molecule has 2 atom stereocenters. The van der Waals surface area contributed by atoms with Gasteiger partial charge in [0.1, 0.15) is 18.5 Å². The summed E-state index contributed by atoms with van der Waals surface area (Å²) in [6, 6.07) is 7.66. The minimum Gasteiger partial charge on any atom is -0.489 e. The number of aliphatic hydroxyl groups excluding tert-OH is 1. The van der Waals surface area contributed by atoms with Crippen molar-refractivity contribution in [3.63, 3.8) is 0 Å². The van der Waals surface area contributed by atoms with Crippen LogP contribution in [-0.4, -0.2) is 41.9 Å². The molecule has 2 unspecified atom stereocenters. The minimum absolute atomic E-state index is 0.240. The number of para-hydroxylation sites is 1. The molecule has 1 aromatic carbocycles. The van der Waals surface area contributed by atoms with Gasteiger partial charge >= 0.3 is 0 Å². The smallest absolute Gasteiger partial charge is 0.138 e. The maximum absolute atomic E-state index is 9.84. The Morgan fingerprint density at radius 2 is 2.16 bits per heavy atom. The van der Waals surface area contributed by atoms with Gasteiger partial charge in [-0.2, -0.15) is 11.8 Å². The normalized spacial score (nSPS) is 14.1. The van der Waals surface area contributed by atoms with E-state index in [0.29, 0.717) is 23.4 Å². The first-order valence-corrected chi connectivity index (χ1v) is 8.03. The number of ether oxygens (including phenoxy) is 1. The average molecular weight is 304 g/mol. The van der Waals surface area contributed by atoms with Crippen LogP contribution in [0.4, 0.5) is 0 Å². The summed E-state index contributed by atoms with van der Waals surface area (Å²) < 4.78 is 5.48. The van der Waals surface area contributed by atoms with Crippen LogP contribution < -0.4 is 10.1 Å². The first kappa shape index (κ1) is 16.6. The summed E-state index contributed by atoms with van der Waals surface area (Å²) in [5.41, 5.74) is 0. The molecular weight excluding hydrogens is 282 g/mol. The van der Waals surface area contributed by atoms with Gasteiger partial charge in [0.2, 0.25) is 0 Å². The molecule has 2 N–H and O–H groups in total. The predicted molar refractivity (Wildman–Crippen MR) is 83.4 cm³/mol. The molecule has 1 rings (SSSR count). The van der Waals surface area contributed by atoms with Crippen molar-refractivity contribution in [2.24, 2.45) is 0 Å². The van der Waals surface area contributed by atoms with Crippen LogP contribution >= 0.6 is 23.4 Å². The summed E-state index contributed by atoms with van der Waals surface area (Å²) in [6.07, 6.45) is -0.537. The Kier molecular flexibility index (Phi) is 8.30. The summed E-state index contributed by atoms with van der Waals surface area (Å²) >= 11 is 7.85. The Hall–Kier alpha value is -0.420. The zero-order valence-electron chi connectivity index (χ0n) is 11.4. The van der Waals surface area contributed by atoms with Gasteiger partial charge in [-0.1, -0.05) is 30.7 Å². The van der Waals surface area contributed by atoms with Gasteiger partial charge in [0, 0.05) is 18.3 Å². The highest BCUT2D eigenvalue weighted by Crippen LogP contribution is 2.22. The number of hydrogen-bond acceptors (Lipinski definition) is 4. The monoisotopic (exact) mass is 303 g/mol. The minimum atomic E-state index is -0.537. The lowest BCUT2D eigenvalue weighted by molar-refractivity contribution is 0.105. The van der Waals surface area contributed by atoms with E-state index < -0.39 is 6.10 Å². The maximum Gasteiger partial charge on any atom is 0.138 e. The molecule has 0 bridgehead atoms. The fourth-order valence-corrected chi connectivity index (χ4v) is 2.39. The number of hydrogen-bond donors (Lipinski definition) is 2. The van der Waals surface area contributed by atoms with E-state index in [4.69, 9.17) is 16.3 Å². The molecule has 0 aliphatic rings. The molecule has 0 spiro atoms. The lowest BCUT2D eigenvalue weighted by Crippen LogP contribution is -2.37. The highest BCUT2D eigenvalue weighted by molar-refractivity contribution is 7.99. The van der Waals surface area contributed by atoms with E-state index in [1.807, 2.05) is 23.9 Å². The van der Waals surface area contributed by atoms with E-state index in [0.717, 1.165) is 11.5 Å². The molecule has 0 fully saturated rings. The van der Waals surface area contributed by atoms with E-state index in [9.17, 15) is 5.11 Å². The van der Waals surface area contributed by atoms with Gasteiger partial charge in [0.05, 0.1) is 5.02 Å². The molecule has 0 saturated carbocycles. The quantitative estimate of drug-likeness (QED) is 0.736. The molecule has 19 heavy (non-hydrogen) atoms. The van der Waals surface area contributed by atoms with E-state index >= 15 is 0 Å². The van der Waals surface area contributed by atoms with Crippen LogP contribution in [0.3, 0.4) is 0 Å². The molecule has 0 aromatic heterocycles. The van der Waals surface area contributed by atoms with Crippen LogP contribution in [0.25, 0.3) is 0 Å². The highest BCUT2D eigenvalue weighted by atomic mass is 35.5. The van der Waals surface area contributed by atoms with Crippen molar-refractivity contribution in [3.8, 4) is 5.75 Å². The molecule has 108 valence electrons. The standard InChI is InChI=1S/C14H22ClNO2S/c1-3-19-10-11(2)16-8-12(17)9-18-14-7-5-4-6-13(14)15/h4-7,11-12,16-17H,3,8-10H2,1-2H3. The summed E-state index contributed by atoms with van der Waals surface area (Å²) in [4.78, 5) is 0. The second kappa shape index (κ2) is 9.48. The first-order valence-electron chi connectivity index (χ1n) is 6.50. The van der Waals surface area contributed by atoms with Crippen LogP contribution in [0.1, 0.15) is 13.8 Å². The third kappa shape index (κ3) is 7.06. The van der Waals surface area contributed by atoms with Gasteiger partial charge in [-0.15, -0.1) is 0 Å². The number of halogens is 1. The van der Waals surface area contributed by atoms with E-state index in [2.05, 4.69) is 19.2 Å². The number of thioether (sulfide) groups is 1. The van der Waals surface area contributed by atoms with Crippen LogP contribution in [-0.2, 0) is 0 Å². The van der Waals surface area contributed by atoms with Crippen molar-refractivity contribution >= 4 is 23.4 Å². The number of aliphatic hydroxyl groups is 1. The van der Waals surface area contributed by atoms with Gasteiger partial charge in [-0.25, -0.2) is 0 Å². The van der Waals surface area contributed by atoms with Gasteiger partial charge in [0.15, 0.2) is 0 Å². The molecule has 0 radical (unpaired) electrons. The molecule has 1 aromatic rings. The number of nitrogens with one attached hydrogen (secondary N) is 1. The zero-order chi connectivity index (χ0) is 14.1. The zero-order valence-corrected chi connectivity index (χ0v) is 13.0. The van der Waals surface area contributed by atoms with E-state index in [1.54, 1.807) is 12.1 Å². The predicted octanol–water partition coefficient (Wildman–Crippen LogP) is 2.81. The second-order valence-corrected chi connectivity index (χ2v) is 6.09. The van der Waals surface area contributed by atoms with Crippen molar-refractivity contribution in [2.45, 2.75) is 26.0 Å². The van der Waals surface area contributed by atoms with Crippen LogP contribution in [0, 0.1) is 0 Å². The van der Waals surface area contributed by atoms with E-state index in [1.165, 1.54) is 0 Å². The van der Waals surface area contributed by atoms with Crippen molar-refractivity contribution in [1.29, 1.82) is 0 Å².